The lowest BCUT2D eigenvalue weighted by atomic mass is 10.2. The summed E-state index contributed by atoms with van der Waals surface area (Å²) in [6.45, 7) is 7.69. The van der Waals surface area contributed by atoms with E-state index in [1.54, 1.807) is 6.21 Å². The summed E-state index contributed by atoms with van der Waals surface area (Å²) < 4.78 is 6.72. The van der Waals surface area contributed by atoms with Gasteiger partial charge in [0.15, 0.2) is 0 Å². The molecule has 0 bridgehead atoms. The van der Waals surface area contributed by atoms with Gasteiger partial charge in [-0.3, -0.25) is 14.3 Å². The maximum absolute atomic E-state index is 11.8. The van der Waals surface area contributed by atoms with Crippen LogP contribution in [-0.4, -0.2) is 65.2 Å². The summed E-state index contributed by atoms with van der Waals surface area (Å²) in [7, 11) is 1.39. The molecule has 0 atom stereocenters. The molecule has 158 valence electrons. The zero-order valence-electron chi connectivity index (χ0n) is 17.2. The lowest BCUT2D eigenvalue weighted by Gasteiger charge is -2.18. The number of aliphatic hydroxyl groups excluding tert-OH is 1. The van der Waals surface area contributed by atoms with Gasteiger partial charge in [-0.05, 0) is 42.9 Å². The molecule has 2 rings (SSSR count). The number of hydrogen-bond acceptors (Lipinski definition) is 7. The molecule has 1 aromatic carbocycles. The van der Waals surface area contributed by atoms with E-state index in [-0.39, 0.29) is 19.0 Å². The molecule has 0 radical (unpaired) electrons. The van der Waals surface area contributed by atoms with Crippen LogP contribution in [0.3, 0.4) is 0 Å². The summed E-state index contributed by atoms with van der Waals surface area (Å²) in [5, 5.41) is 14.9. The van der Waals surface area contributed by atoms with Gasteiger partial charge in [0, 0.05) is 19.7 Å². The second kappa shape index (κ2) is 11.2. The van der Waals surface area contributed by atoms with Crippen molar-refractivity contribution in [1.29, 1.82) is 0 Å². The van der Waals surface area contributed by atoms with E-state index in [1.165, 1.54) is 18.1 Å². The van der Waals surface area contributed by atoms with Crippen LogP contribution in [0.2, 0.25) is 0 Å². The molecular weight excluding hydrogens is 374 g/mol. The van der Waals surface area contributed by atoms with E-state index in [9.17, 15) is 14.7 Å². The fraction of sp³-hybridized carbons (Fsp3) is 0.450. The van der Waals surface area contributed by atoms with Gasteiger partial charge in [-0.25, -0.2) is 9.80 Å². The van der Waals surface area contributed by atoms with Crippen LogP contribution in [0, 0.1) is 0 Å². The molecular formula is C20H29N5O4. The molecule has 1 aromatic heterocycles. The Bertz CT molecular complexity index is 869. The fourth-order valence-electron chi connectivity index (χ4n) is 2.64. The third-order valence-corrected chi connectivity index (χ3v) is 4.52. The number of hydrogen-bond donors (Lipinski definition) is 2. The number of aromatic amines is 1. The Morgan fingerprint density at radius 2 is 1.86 bits per heavy atom. The Kier molecular flexibility index (Phi) is 8.63. The van der Waals surface area contributed by atoms with Crippen LogP contribution < -0.4 is 21.0 Å². The normalized spacial score (nSPS) is 11.3. The lowest BCUT2D eigenvalue weighted by Crippen LogP contribution is -2.35. The van der Waals surface area contributed by atoms with Crippen molar-refractivity contribution < 1.29 is 9.84 Å². The number of nitrogens with one attached hydrogen (secondary N) is 1. The molecule has 29 heavy (non-hydrogen) atoms. The van der Waals surface area contributed by atoms with Crippen molar-refractivity contribution in [3.05, 3.63) is 56.7 Å². The predicted octanol–water partition coefficient (Wildman–Crippen LogP) is 0.627. The van der Waals surface area contributed by atoms with Crippen molar-refractivity contribution in [2.75, 3.05) is 44.4 Å². The van der Waals surface area contributed by atoms with Crippen LogP contribution in [0.5, 0.6) is 5.75 Å². The van der Waals surface area contributed by atoms with E-state index >= 15 is 0 Å². The minimum Gasteiger partial charge on any atom is -0.492 e. The Morgan fingerprint density at radius 3 is 2.45 bits per heavy atom. The van der Waals surface area contributed by atoms with Crippen molar-refractivity contribution in [2.45, 2.75) is 13.8 Å². The zero-order chi connectivity index (χ0) is 21.2. The molecule has 2 aromatic rings. The molecule has 0 aliphatic rings. The summed E-state index contributed by atoms with van der Waals surface area (Å²) in [6.07, 6.45) is 1.59. The molecule has 0 spiro atoms. The fourth-order valence-corrected chi connectivity index (χ4v) is 2.64. The maximum atomic E-state index is 11.8. The van der Waals surface area contributed by atoms with Gasteiger partial charge in [0.25, 0.3) is 5.56 Å². The molecule has 0 unspecified atom stereocenters. The van der Waals surface area contributed by atoms with Gasteiger partial charge < -0.3 is 14.7 Å². The van der Waals surface area contributed by atoms with Crippen LogP contribution >= 0.6 is 0 Å². The van der Waals surface area contributed by atoms with E-state index < -0.39 is 11.2 Å². The van der Waals surface area contributed by atoms with Crippen molar-refractivity contribution in [3.63, 3.8) is 0 Å². The monoisotopic (exact) mass is 403 g/mol. The number of H-pyrrole nitrogens is 1. The molecule has 0 saturated carbocycles. The number of anilines is 1. The van der Waals surface area contributed by atoms with Gasteiger partial charge in [-0.15, -0.1) is 0 Å². The van der Waals surface area contributed by atoms with E-state index in [1.807, 2.05) is 24.3 Å². The van der Waals surface area contributed by atoms with E-state index in [4.69, 9.17) is 4.74 Å². The third kappa shape index (κ3) is 6.58. The summed E-state index contributed by atoms with van der Waals surface area (Å²) in [6, 6.07) is 8.71. The van der Waals surface area contributed by atoms with Crippen molar-refractivity contribution in [1.82, 2.24) is 14.5 Å². The van der Waals surface area contributed by atoms with Crippen molar-refractivity contribution in [2.24, 2.45) is 12.1 Å². The van der Waals surface area contributed by atoms with Crippen LogP contribution in [0.1, 0.15) is 19.4 Å². The number of rotatable bonds is 11. The maximum Gasteiger partial charge on any atom is 0.329 e. The smallest absolute Gasteiger partial charge is 0.329 e. The van der Waals surface area contributed by atoms with Gasteiger partial charge in [0.1, 0.15) is 18.2 Å². The highest BCUT2D eigenvalue weighted by Gasteiger charge is 2.08. The molecule has 9 nitrogen and oxygen atoms in total. The quantitative estimate of drug-likeness (QED) is 0.421. The van der Waals surface area contributed by atoms with Gasteiger partial charge >= 0.3 is 5.69 Å². The van der Waals surface area contributed by atoms with E-state index in [0.717, 1.165) is 35.5 Å². The number of aliphatic hydroxyl groups is 1. The first kappa shape index (κ1) is 22.4. The van der Waals surface area contributed by atoms with Crippen LogP contribution in [-0.2, 0) is 7.05 Å². The molecule has 0 amide bonds. The van der Waals surface area contributed by atoms with Crippen LogP contribution in [0.25, 0.3) is 0 Å². The number of benzene rings is 1. The second-order valence-corrected chi connectivity index (χ2v) is 6.39. The minimum atomic E-state index is -0.545. The van der Waals surface area contributed by atoms with Crippen LogP contribution in [0.4, 0.5) is 5.82 Å². The zero-order valence-corrected chi connectivity index (χ0v) is 17.2. The highest BCUT2D eigenvalue weighted by molar-refractivity contribution is 5.80. The van der Waals surface area contributed by atoms with Gasteiger partial charge in [0.05, 0.1) is 19.4 Å². The number of likely N-dealkylation sites (N-methyl/N-ethyl adjacent to an activating group) is 1. The minimum absolute atomic E-state index is 0.131. The Morgan fingerprint density at radius 1 is 1.17 bits per heavy atom. The molecule has 0 fully saturated rings. The Balaban J connectivity index is 2.04. The third-order valence-electron chi connectivity index (χ3n) is 4.52. The summed E-state index contributed by atoms with van der Waals surface area (Å²) in [4.78, 5) is 28.5. The molecule has 0 aliphatic carbocycles. The summed E-state index contributed by atoms with van der Waals surface area (Å²) >= 11 is 0. The second-order valence-electron chi connectivity index (χ2n) is 6.39. The summed E-state index contributed by atoms with van der Waals surface area (Å²) in [5.41, 5.74) is -0.180. The van der Waals surface area contributed by atoms with Crippen molar-refractivity contribution >= 4 is 12.0 Å². The molecule has 2 N–H and O–H groups in total. The first-order valence-electron chi connectivity index (χ1n) is 9.66. The van der Waals surface area contributed by atoms with Gasteiger partial charge in [-0.2, -0.15) is 5.10 Å². The average Bonchev–Trinajstić information content (AvgIpc) is 2.73. The number of nitrogens with zero attached hydrogens (tertiary/aromatic N) is 4. The van der Waals surface area contributed by atoms with Gasteiger partial charge in [-0.1, -0.05) is 13.8 Å². The number of aromatic nitrogens is 2. The molecule has 0 saturated heterocycles. The highest BCUT2D eigenvalue weighted by Crippen LogP contribution is 2.12. The Labute approximate surface area is 169 Å². The first-order chi connectivity index (χ1) is 14.0. The predicted molar refractivity (Wildman–Crippen MR) is 114 cm³/mol. The first-order valence-corrected chi connectivity index (χ1v) is 9.66. The lowest BCUT2D eigenvalue weighted by molar-refractivity contribution is 0.223. The van der Waals surface area contributed by atoms with Crippen molar-refractivity contribution in [3.8, 4) is 5.75 Å². The molecule has 1 heterocycles. The van der Waals surface area contributed by atoms with E-state index in [0.29, 0.717) is 6.61 Å². The largest absolute Gasteiger partial charge is 0.492 e. The highest BCUT2D eigenvalue weighted by atomic mass is 16.5. The number of hydrazone groups is 1. The Hall–Kier alpha value is -2.91. The summed E-state index contributed by atoms with van der Waals surface area (Å²) in [5.74, 6) is 0.997. The average molecular weight is 403 g/mol. The van der Waals surface area contributed by atoms with E-state index in [2.05, 4.69) is 28.8 Å². The topological polar surface area (TPSA) is 103 Å². The van der Waals surface area contributed by atoms with Crippen LogP contribution in [0.15, 0.2) is 45.0 Å². The SMILES string of the molecule is CCN(CC)CCOc1ccc(C=NN(CCO)c2cc(=O)n(C)c(=O)[nH]2)cc1. The molecule has 9 heteroatoms. The number of ether oxygens (including phenoxy) is 1. The molecule has 0 aliphatic heterocycles. The van der Waals surface area contributed by atoms with Gasteiger partial charge in [0.2, 0.25) is 0 Å². The standard InChI is InChI=1S/C20H29N5O4/c1-4-24(5-2)11-13-29-17-8-6-16(7-9-17)15-21-25(10-12-26)18-14-19(27)23(3)20(28)22-18/h6-9,14-15,26H,4-5,10-13H2,1-3H3,(H,22,28).